The molecule has 0 aliphatic heterocycles. The normalized spacial score (nSPS) is 11.0. The van der Waals surface area contributed by atoms with Gasteiger partial charge in [0.15, 0.2) is 0 Å². The molecule has 0 aliphatic rings. The average Bonchev–Trinajstić information content (AvgIpc) is 2.63. The van der Waals surface area contributed by atoms with Crippen molar-refractivity contribution in [3.63, 3.8) is 0 Å². The third-order valence-electron chi connectivity index (χ3n) is 3.70. The number of hydrogen-bond acceptors (Lipinski definition) is 5. The molecular formula is C19H18BrNO5S2. The molecule has 0 bridgehead atoms. The van der Waals surface area contributed by atoms with Crippen molar-refractivity contribution in [3.8, 4) is 5.75 Å². The van der Waals surface area contributed by atoms with E-state index >= 15 is 0 Å². The monoisotopic (exact) mass is 483 g/mol. The highest BCUT2D eigenvalue weighted by atomic mass is 79.9. The van der Waals surface area contributed by atoms with Crippen LogP contribution in [0.2, 0.25) is 0 Å². The van der Waals surface area contributed by atoms with Crippen molar-refractivity contribution in [2.24, 2.45) is 0 Å². The topological polar surface area (TPSA) is 104 Å². The van der Waals surface area contributed by atoms with Crippen molar-refractivity contribution in [3.05, 3.63) is 59.1 Å². The quantitative estimate of drug-likeness (QED) is 0.339. The first-order chi connectivity index (χ1) is 12.8. The third-order valence-corrected chi connectivity index (χ3v) is 6.62. The Morgan fingerprint density at radius 3 is 2.29 bits per heavy atom. The molecule has 0 aromatic heterocycles. The Kier molecular flexibility index (Phi) is 6.97. The van der Waals surface area contributed by atoms with Crippen molar-refractivity contribution in [1.29, 1.82) is 0 Å². The zero-order valence-electron chi connectivity index (χ0n) is 13.7. The van der Waals surface area contributed by atoms with Gasteiger partial charge in [-0.1, -0.05) is 47.6 Å². The number of carbonyl (C=O) groups is 1. The number of aliphatic carboxylic acids is 1. The Morgan fingerprint density at radius 1 is 1.07 bits per heavy atom. The third kappa shape index (κ3) is 4.78. The second-order valence-corrected chi connectivity index (χ2v) is 9.17. The van der Waals surface area contributed by atoms with Gasteiger partial charge in [-0.2, -0.15) is 0 Å². The lowest BCUT2D eigenvalue weighted by Gasteiger charge is -2.14. The SMILES string of the molecule is C.O=C(O)CSc1cc(NS(=O)(=O)c2ccc(Br)cc2)c2ccccc2c1O. The van der Waals surface area contributed by atoms with Gasteiger partial charge in [-0.15, -0.1) is 11.8 Å². The molecule has 9 heteroatoms. The minimum absolute atomic E-state index is 0. The summed E-state index contributed by atoms with van der Waals surface area (Å²) in [6, 6.07) is 14.4. The summed E-state index contributed by atoms with van der Waals surface area (Å²) in [5.74, 6) is -1.38. The molecule has 3 rings (SSSR count). The number of carboxylic acids is 1. The second kappa shape index (κ2) is 8.85. The number of benzene rings is 3. The lowest BCUT2D eigenvalue weighted by molar-refractivity contribution is -0.133. The minimum Gasteiger partial charge on any atom is -0.506 e. The summed E-state index contributed by atoms with van der Waals surface area (Å²) in [7, 11) is -3.86. The molecule has 0 saturated heterocycles. The predicted octanol–water partition coefficient (Wildman–Crippen LogP) is 4.92. The molecule has 148 valence electrons. The van der Waals surface area contributed by atoms with E-state index in [4.69, 9.17) is 5.11 Å². The zero-order valence-corrected chi connectivity index (χ0v) is 16.9. The summed E-state index contributed by atoms with van der Waals surface area (Å²) in [5, 5.41) is 20.3. The van der Waals surface area contributed by atoms with E-state index < -0.39 is 16.0 Å². The fourth-order valence-corrected chi connectivity index (χ4v) is 4.55. The molecule has 0 amide bonds. The highest BCUT2D eigenvalue weighted by molar-refractivity contribution is 9.10. The largest absolute Gasteiger partial charge is 0.506 e. The fraction of sp³-hybridized carbons (Fsp3) is 0.105. The summed E-state index contributed by atoms with van der Waals surface area (Å²) < 4.78 is 28.7. The molecule has 0 heterocycles. The van der Waals surface area contributed by atoms with E-state index in [1.807, 2.05) is 0 Å². The minimum atomic E-state index is -3.86. The summed E-state index contributed by atoms with van der Waals surface area (Å²) in [6.07, 6.45) is 0. The van der Waals surface area contributed by atoms with E-state index in [0.717, 1.165) is 16.2 Å². The summed E-state index contributed by atoms with van der Waals surface area (Å²) in [5.41, 5.74) is 0.263. The Balaban J connectivity index is 0.00000280. The number of phenols is 1. The van der Waals surface area contributed by atoms with Crippen LogP contribution in [0.3, 0.4) is 0 Å². The maximum Gasteiger partial charge on any atom is 0.313 e. The number of phenolic OH excluding ortho intramolecular Hbond substituents is 1. The van der Waals surface area contributed by atoms with Gasteiger partial charge in [0.2, 0.25) is 0 Å². The Hall–Kier alpha value is -2.23. The molecule has 0 fully saturated rings. The van der Waals surface area contributed by atoms with E-state index in [0.29, 0.717) is 10.8 Å². The summed E-state index contributed by atoms with van der Waals surface area (Å²) in [4.78, 5) is 11.2. The first kappa shape index (κ1) is 22.1. The number of hydrogen-bond donors (Lipinski definition) is 3. The first-order valence-corrected chi connectivity index (χ1v) is 10.9. The number of nitrogens with one attached hydrogen (secondary N) is 1. The Morgan fingerprint density at radius 2 is 1.68 bits per heavy atom. The van der Waals surface area contributed by atoms with Gasteiger partial charge in [0.25, 0.3) is 10.0 Å². The van der Waals surface area contributed by atoms with Gasteiger partial charge < -0.3 is 10.2 Å². The zero-order chi connectivity index (χ0) is 19.6. The van der Waals surface area contributed by atoms with Crippen LogP contribution in [0.1, 0.15) is 7.43 Å². The van der Waals surface area contributed by atoms with Gasteiger partial charge in [-0.05, 0) is 30.3 Å². The number of fused-ring (bicyclic) bond motifs is 1. The van der Waals surface area contributed by atoms with Gasteiger partial charge in [0.05, 0.1) is 21.2 Å². The first-order valence-electron chi connectivity index (χ1n) is 7.65. The molecule has 3 aromatic rings. The molecule has 0 saturated carbocycles. The highest BCUT2D eigenvalue weighted by Gasteiger charge is 2.19. The highest BCUT2D eigenvalue weighted by Crippen LogP contribution is 2.40. The van der Waals surface area contributed by atoms with Gasteiger partial charge in [-0.3, -0.25) is 9.52 Å². The van der Waals surface area contributed by atoms with E-state index in [9.17, 15) is 18.3 Å². The van der Waals surface area contributed by atoms with Crippen LogP contribution in [0.4, 0.5) is 5.69 Å². The van der Waals surface area contributed by atoms with Crippen LogP contribution in [0.25, 0.3) is 10.8 Å². The molecule has 3 aromatic carbocycles. The maximum absolute atomic E-state index is 12.7. The number of thioether (sulfide) groups is 1. The molecule has 0 unspecified atom stereocenters. The summed E-state index contributed by atoms with van der Waals surface area (Å²) >= 11 is 4.18. The smallest absolute Gasteiger partial charge is 0.313 e. The lowest BCUT2D eigenvalue weighted by atomic mass is 10.1. The molecule has 0 aliphatic carbocycles. The number of aromatic hydroxyl groups is 1. The lowest BCUT2D eigenvalue weighted by Crippen LogP contribution is -2.13. The van der Waals surface area contributed by atoms with Crippen LogP contribution in [0, 0.1) is 0 Å². The average molecular weight is 484 g/mol. The maximum atomic E-state index is 12.7. The number of halogens is 1. The Bertz CT molecular complexity index is 1120. The molecule has 0 spiro atoms. The predicted molar refractivity (Wildman–Crippen MR) is 116 cm³/mol. The molecule has 0 atom stereocenters. The van der Waals surface area contributed by atoms with E-state index in [1.54, 1.807) is 36.4 Å². The van der Waals surface area contributed by atoms with Crippen molar-refractivity contribution < 1.29 is 23.4 Å². The van der Waals surface area contributed by atoms with E-state index in [2.05, 4.69) is 20.7 Å². The van der Waals surface area contributed by atoms with Crippen LogP contribution in [0.15, 0.2) is 68.9 Å². The summed E-state index contributed by atoms with van der Waals surface area (Å²) in [6.45, 7) is 0. The van der Waals surface area contributed by atoms with Crippen LogP contribution in [0.5, 0.6) is 5.75 Å². The van der Waals surface area contributed by atoms with Crippen molar-refractivity contribution >= 4 is 60.1 Å². The van der Waals surface area contributed by atoms with Crippen molar-refractivity contribution in [2.75, 3.05) is 10.5 Å². The van der Waals surface area contributed by atoms with Crippen LogP contribution in [-0.4, -0.2) is 30.4 Å². The van der Waals surface area contributed by atoms with Gasteiger partial charge in [0, 0.05) is 15.2 Å². The number of anilines is 1. The van der Waals surface area contributed by atoms with Gasteiger partial charge in [-0.25, -0.2) is 8.42 Å². The van der Waals surface area contributed by atoms with Crippen LogP contribution < -0.4 is 4.72 Å². The van der Waals surface area contributed by atoms with Gasteiger partial charge >= 0.3 is 5.97 Å². The fourth-order valence-electron chi connectivity index (χ4n) is 2.49. The molecule has 3 N–H and O–H groups in total. The number of rotatable bonds is 6. The van der Waals surface area contributed by atoms with E-state index in [-0.39, 0.29) is 34.4 Å². The molecular weight excluding hydrogens is 466 g/mol. The van der Waals surface area contributed by atoms with Crippen LogP contribution >= 0.6 is 27.7 Å². The van der Waals surface area contributed by atoms with Crippen LogP contribution in [-0.2, 0) is 14.8 Å². The van der Waals surface area contributed by atoms with Crippen molar-refractivity contribution in [2.45, 2.75) is 17.2 Å². The standard InChI is InChI=1S/C18H14BrNO5S2.CH4/c19-11-5-7-12(8-6-11)27(24,25)20-15-9-16(26-10-17(21)22)18(23)14-4-2-1-3-13(14)15;/h1-9,20,23H,10H2,(H,21,22);1H4. The number of sulfonamides is 1. The molecule has 28 heavy (non-hydrogen) atoms. The second-order valence-electron chi connectivity index (χ2n) is 5.56. The van der Waals surface area contributed by atoms with Crippen molar-refractivity contribution in [1.82, 2.24) is 0 Å². The molecule has 6 nitrogen and oxygen atoms in total. The van der Waals surface area contributed by atoms with E-state index in [1.165, 1.54) is 18.2 Å². The van der Waals surface area contributed by atoms with Gasteiger partial charge in [0.1, 0.15) is 5.75 Å². The Labute approximate surface area is 175 Å². The number of carboxylic acid groups (broad SMARTS) is 1. The molecule has 0 radical (unpaired) electrons.